The van der Waals surface area contributed by atoms with Gasteiger partial charge in [0.05, 0.1) is 0 Å². The van der Waals surface area contributed by atoms with E-state index in [0.29, 0.717) is 17.7 Å². The highest BCUT2D eigenvalue weighted by molar-refractivity contribution is 5.96. The zero-order chi connectivity index (χ0) is 13.4. The van der Waals surface area contributed by atoms with Crippen LogP contribution in [0, 0.1) is 0 Å². The van der Waals surface area contributed by atoms with Crippen molar-refractivity contribution >= 4 is 11.5 Å². The molecule has 5 heteroatoms. The largest absolute Gasteiger partial charge is 0.411 e. The van der Waals surface area contributed by atoms with Gasteiger partial charge in [0, 0.05) is 17.7 Å². The van der Waals surface area contributed by atoms with E-state index in [0.717, 1.165) is 0 Å². The van der Waals surface area contributed by atoms with Crippen LogP contribution in [0.25, 0.3) is 0 Å². The third-order valence-electron chi connectivity index (χ3n) is 3.20. The Hall–Kier alpha value is -1.52. The van der Waals surface area contributed by atoms with Crippen molar-refractivity contribution < 1.29 is 18.0 Å². The van der Waals surface area contributed by atoms with Gasteiger partial charge in [-0.05, 0) is 37.1 Å². The molecule has 2 nitrogen and oxygen atoms in total. The summed E-state index contributed by atoms with van der Waals surface area (Å²) in [6.45, 7) is 1.75. The number of nitrogens with one attached hydrogen (secondary N) is 1. The molecule has 0 unspecified atom stereocenters. The number of alkyl halides is 3. The Balaban J connectivity index is 2.10. The van der Waals surface area contributed by atoms with Gasteiger partial charge in [-0.25, -0.2) is 0 Å². The van der Waals surface area contributed by atoms with Crippen LogP contribution in [0.4, 0.5) is 18.9 Å². The van der Waals surface area contributed by atoms with Crippen molar-refractivity contribution in [2.75, 3.05) is 5.32 Å². The van der Waals surface area contributed by atoms with Gasteiger partial charge < -0.3 is 5.32 Å². The van der Waals surface area contributed by atoms with Gasteiger partial charge in [-0.1, -0.05) is 6.92 Å². The van der Waals surface area contributed by atoms with E-state index in [-0.39, 0.29) is 18.6 Å². The molecule has 2 rings (SSSR count). The van der Waals surface area contributed by atoms with E-state index < -0.39 is 11.7 Å². The summed E-state index contributed by atoms with van der Waals surface area (Å²) in [7, 11) is 0. The van der Waals surface area contributed by atoms with Crippen molar-refractivity contribution in [1.82, 2.24) is 0 Å². The van der Waals surface area contributed by atoms with Crippen molar-refractivity contribution in [3.63, 3.8) is 0 Å². The molecule has 0 aliphatic heterocycles. The van der Waals surface area contributed by atoms with E-state index >= 15 is 0 Å². The fraction of sp³-hybridized carbons (Fsp3) is 0.462. The third kappa shape index (κ3) is 2.35. The van der Waals surface area contributed by atoms with Crippen molar-refractivity contribution in [1.29, 1.82) is 0 Å². The molecule has 0 amide bonds. The fourth-order valence-corrected chi connectivity index (χ4v) is 1.82. The summed E-state index contributed by atoms with van der Waals surface area (Å²) in [4.78, 5) is 11.4. The topological polar surface area (TPSA) is 29.1 Å². The van der Waals surface area contributed by atoms with Crippen LogP contribution < -0.4 is 5.32 Å². The molecule has 0 aromatic heterocycles. The van der Waals surface area contributed by atoms with E-state index in [1.54, 1.807) is 19.1 Å². The molecule has 18 heavy (non-hydrogen) atoms. The molecule has 1 N–H and O–H groups in total. The minimum Gasteiger partial charge on any atom is -0.372 e. The molecule has 0 heterocycles. The number of ketones is 1. The lowest BCUT2D eigenvalue weighted by Crippen LogP contribution is -2.38. The Labute approximate surface area is 103 Å². The van der Waals surface area contributed by atoms with E-state index in [4.69, 9.17) is 0 Å². The fourth-order valence-electron chi connectivity index (χ4n) is 1.82. The molecule has 0 saturated heterocycles. The summed E-state index contributed by atoms with van der Waals surface area (Å²) in [5, 5.41) is 2.52. The Morgan fingerprint density at radius 2 is 1.83 bits per heavy atom. The van der Waals surface area contributed by atoms with Crippen LogP contribution in [0.3, 0.4) is 0 Å². The average Bonchev–Trinajstić information content (AvgIpc) is 3.09. The van der Waals surface area contributed by atoms with Crippen LogP contribution >= 0.6 is 0 Å². The number of benzene rings is 1. The normalized spacial score (nSPS) is 17.3. The van der Waals surface area contributed by atoms with E-state index in [1.807, 2.05) is 0 Å². The second kappa shape index (κ2) is 4.30. The molecule has 1 aromatic carbocycles. The number of carbonyl (C=O) groups excluding carboxylic acids is 1. The first-order valence-corrected chi connectivity index (χ1v) is 5.86. The molecule has 1 aliphatic rings. The lowest BCUT2D eigenvalue weighted by molar-refractivity contribution is -0.151. The first-order valence-electron chi connectivity index (χ1n) is 5.86. The van der Waals surface area contributed by atoms with Gasteiger partial charge >= 0.3 is 6.18 Å². The maximum Gasteiger partial charge on any atom is 0.411 e. The van der Waals surface area contributed by atoms with Gasteiger partial charge in [-0.3, -0.25) is 4.79 Å². The average molecular weight is 257 g/mol. The monoisotopic (exact) mass is 257 g/mol. The standard InChI is InChI=1S/C13H14F3NO/c1-2-11(18)9-3-5-10(6-4-9)17-12(7-8-12)13(14,15)16/h3-6,17H,2,7-8H2,1H3. The van der Waals surface area contributed by atoms with Crippen LogP contribution in [-0.2, 0) is 0 Å². The van der Waals surface area contributed by atoms with E-state index in [9.17, 15) is 18.0 Å². The molecule has 1 aliphatic carbocycles. The number of hydrogen-bond acceptors (Lipinski definition) is 2. The molecule has 98 valence electrons. The van der Waals surface area contributed by atoms with Crippen LogP contribution in [0.5, 0.6) is 0 Å². The Bertz CT molecular complexity index is 446. The number of Topliss-reactive ketones (excluding diaryl/α,β-unsaturated/α-hetero) is 1. The van der Waals surface area contributed by atoms with Gasteiger partial charge in [0.2, 0.25) is 0 Å². The lowest BCUT2D eigenvalue weighted by Gasteiger charge is -2.21. The summed E-state index contributed by atoms with van der Waals surface area (Å²) >= 11 is 0. The van der Waals surface area contributed by atoms with Gasteiger partial charge in [0.25, 0.3) is 0 Å². The van der Waals surface area contributed by atoms with Crippen molar-refractivity contribution in [2.24, 2.45) is 0 Å². The zero-order valence-corrected chi connectivity index (χ0v) is 9.97. The van der Waals surface area contributed by atoms with Crippen molar-refractivity contribution in [3.8, 4) is 0 Å². The molecule has 1 fully saturated rings. The highest BCUT2D eigenvalue weighted by Crippen LogP contribution is 2.51. The first kappa shape index (κ1) is 12.9. The molecule has 1 aromatic rings. The van der Waals surface area contributed by atoms with Crippen molar-refractivity contribution in [2.45, 2.75) is 37.9 Å². The van der Waals surface area contributed by atoms with E-state index in [2.05, 4.69) is 5.32 Å². The van der Waals surface area contributed by atoms with Gasteiger partial charge in [0.1, 0.15) is 5.54 Å². The smallest absolute Gasteiger partial charge is 0.372 e. The first-order chi connectivity index (χ1) is 8.38. The Kier molecular flexibility index (Phi) is 3.09. The highest BCUT2D eigenvalue weighted by atomic mass is 19.4. The Morgan fingerprint density at radius 1 is 1.28 bits per heavy atom. The number of anilines is 1. The summed E-state index contributed by atoms with van der Waals surface area (Å²) < 4.78 is 38.2. The number of carbonyl (C=O) groups is 1. The molecule has 0 radical (unpaired) electrons. The van der Waals surface area contributed by atoms with Gasteiger partial charge in [-0.15, -0.1) is 0 Å². The third-order valence-corrected chi connectivity index (χ3v) is 3.20. The summed E-state index contributed by atoms with van der Waals surface area (Å²) in [5.41, 5.74) is -0.832. The van der Waals surface area contributed by atoms with E-state index in [1.165, 1.54) is 12.1 Å². The minimum absolute atomic E-state index is 0.0153. The maximum absolute atomic E-state index is 12.7. The predicted octanol–water partition coefficient (Wildman–Crippen LogP) is 3.79. The predicted molar refractivity (Wildman–Crippen MR) is 62.7 cm³/mol. The zero-order valence-electron chi connectivity index (χ0n) is 9.97. The Morgan fingerprint density at radius 3 is 2.22 bits per heavy atom. The summed E-state index contributed by atoms with van der Waals surface area (Å²) in [5.74, 6) is -0.0153. The molecular weight excluding hydrogens is 243 g/mol. The minimum atomic E-state index is -4.23. The number of halogens is 3. The van der Waals surface area contributed by atoms with Crippen LogP contribution in [-0.4, -0.2) is 17.5 Å². The van der Waals surface area contributed by atoms with Crippen LogP contribution in [0.1, 0.15) is 36.5 Å². The second-order valence-electron chi connectivity index (χ2n) is 4.56. The second-order valence-corrected chi connectivity index (χ2v) is 4.56. The van der Waals surface area contributed by atoms with Crippen molar-refractivity contribution in [3.05, 3.63) is 29.8 Å². The SMILES string of the molecule is CCC(=O)c1ccc(NC2(C(F)(F)F)CC2)cc1. The van der Waals surface area contributed by atoms with Gasteiger partial charge in [-0.2, -0.15) is 13.2 Å². The molecular formula is C13H14F3NO. The lowest BCUT2D eigenvalue weighted by atomic mass is 10.1. The molecule has 0 atom stereocenters. The molecule has 1 saturated carbocycles. The van der Waals surface area contributed by atoms with Crippen LogP contribution in [0.15, 0.2) is 24.3 Å². The maximum atomic E-state index is 12.7. The van der Waals surface area contributed by atoms with Gasteiger partial charge in [0.15, 0.2) is 5.78 Å². The molecule has 0 bridgehead atoms. The number of rotatable bonds is 4. The van der Waals surface area contributed by atoms with Crippen LogP contribution in [0.2, 0.25) is 0 Å². The highest BCUT2D eigenvalue weighted by Gasteiger charge is 2.63. The number of hydrogen-bond donors (Lipinski definition) is 1. The quantitative estimate of drug-likeness (QED) is 0.831. The molecule has 0 spiro atoms. The summed E-state index contributed by atoms with van der Waals surface area (Å²) in [6, 6.07) is 6.16. The summed E-state index contributed by atoms with van der Waals surface area (Å²) in [6.07, 6.45) is -3.64.